The summed E-state index contributed by atoms with van der Waals surface area (Å²) in [5.74, 6) is 0.356. The number of hydrogen-bond acceptors (Lipinski definition) is 3. The number of halogens is 1. The Kier molecular flexibility index (Phi) is 4.34. The van der Waals surface area contributed by atoms with E-state index >= 15 is 0 Å². The molecule has 0 radical (unpaired) electrons. The molecule has 2 fully saturated rings. The Morgan fingerprint density at radius 2 is 1.90 bits per heavy atom. The molecule has 4 nitrogen and oxygen atoms in total. The highest BCUT2D eigenvalue weighted by Crippen LogP contribution is 2.38. The molecule has 1 aromatic heterocycles. The van der Waals surface area contributed by atoms with E-state index in [1.54, 1.807) is 16.6 Å². The molecule has 1 aliphatic heterocycles. The molecule has 1 saturated heterocycles. The van der Waals surface area contributed by atoms with Gasteiger partial charge in [0.15, 0.2) is 0 Å². The van der Waals surface area contributed by atoms with E-state index in [0.717, 1.165) is 18.5 Å². The number of thioether (sulfide) groups is 1. The van der Waals surface area contributed by atoms with Crippen LogP contribution in [0.15, 0.2) is 17.2 Å². The number of aromatic nitrogens is 1. The average Bonchev–Trinajstić information content (AvgIpc) is 3.16. The zero-order valence-corrected chi connectivity index (χ0v) is 14.7. The summed E-state index contributed by atoms with van der Waals surface area (Å²) in [5, 5.41) is 0.670. The second-order valence-corrected chi connectivity index (χ2v) is 10.1. The molecule has 2 aliphatic rings. The van der Waals surface area contributed by atoms with Crippen molar-refractivity contribution in [3.63, 3.8) is 0 Å². The third-order valence-electron chi connectivity index (χ3n) is 4.01. The Bertz CT molecular complexity index is 615. The van der Waals surface area contributed by atoms with Gasteiger partial charge < -0.3 is 4.57 Å². The lowest BCUT2D eigenvalue weighted by Crippen LogP contribution is -2.43. The van der Waals surface area contributed by atoms with E-state index in [1.165, 1.54) is 0 Å². The fraction of sp³-hybridized carbons (Fsp3) is 0.714. The second-order valence-electron chi connectivity index (χ2n) is 6.02. The Morgan fingerprint density at radius 1 is 1.29 bits per heavy atom. The number of rotatable bonds is 4. The lowest BCUT2D eigenvalue weighted by molar-refractivity contribution is 0.405. The summed E-state index contributed by atoms with van der Waals surface area (Å²) in [6.07, 6.45) is 4.01. The minimum atomic E-state index is -3.40. The van der Waals surface area contributed by atoms with Crippen LogP contribution in [-0.2, 0) is 15.9 Å². The summed E-state index contributed by atoms with van der Waals surface area (Å²) in [7, 11) is -3.40. The highest BCUT2D eigenvalue weighted by Gasteiger charge is 2.34. The first kappa shape index (κ1) is 15.7. The third kappa shape index (κ3) is 3.14. The van der Waals surface area contributed by atoms with E-state index in [9.17, 15) is 8.42 Å². The summed E-state index contributed by atoms with van der Waals surface area (Å²) in [6.45, 7) is 5.34. The Hall–Kier alpha value is -0.170. The van der Waals surface area contributed by atoms with Gasteiger partial charge in [0.05, 0.1) is 5.88 Å². The molecule has 1 aromatic rings. The van der Waals surface area contributed by atoms with Crippen LogP contribution in [0.4, 0.5) is 0 Å². The van der Waals surface area contributed by atoms with E-state index in [2.05, 4.69) is 13.8 Å². The Morgan fingerprint density at radius 3 is 2.43 bits per heavy atom. The van der Waals surface area contributed by atoms with E-state index < -0.39 is 10.0 Å². The van der Waals surface area contributed by atoms with Crippen LogP contribution >= 0.6 is 23.4 Å². The topological polar surface area (TPSA) is 42.3 Å². The molecular formula is C14H21ClN2O2S2. The molecule has 0 N–H and O–H groups in total. The smallest absolute Gasteiger partial charge is 0.244 e. The summed E-state index contributed by atoms with van der Waals surface area (Å²) in [4.78, 5) is 0.399. The van der Waals surface area contributed by atoms with Gasteiger partial charge in [-0.3, -0.25) is 0 Å². The van der Waals surface area contributed by atoms with Gasteiger partial charge in [-0.1, -0.05) is 13.8 Å². The number of hydrogen-bond donors (Lipinski definition) is 0. The van der Waals surface area contributed by atoms with Crippen molar-refractivity contribution in [2.24, 2.45) is 0 Å². The zero-order chi connectivity index (χ0) is 15.2. The molecule has 3 rings (SSSR count). The van der Waals surface area contributed by atoms with Crippen LogP contribution in [0, 0.1) is 0 Å². The third-order valence-corrected chi connectivity index (χ3v) is 7.31. The van der Waals surface area contributed by atoms with Crippen molar-refractivity contribution >= 4 is 33.4 Å². The number of alkyl halides is 1. The summed E-state index contributed by atoms with van der Waals surface area (Å²) < 4.78 is 29.4. The summed E-state index contributed by atoms with van der Waals surface area (Å²) in [6, 6.07) is 2.19. The average molecular weight is 349 g/mol. The zero-order valence-electron chi connectivity index (χ0n) is 12.3. The van der Waals surface area contributed by atoms with Crippen molar-refractivity contribution in [3.05, 3.63) is 18.0 Å². The van der Waals surface area contributed by atoms with Crippen molar-refractivity contribution in [3.8, 4) is 0 Å². The van der Waals surface area contributed by atoms with E-state index in [4.69, 9.17) is 11.6 Å². The highest BCUT2D eigenvalue weighted by atomic mass is 35.5. The normalized spacial score (nSPS) is 28.0. The van der Waals surface area contributed by atoms with Gasteiger partial charge in [-0.05, 0) is 18.9 Å². The first-order chi connectivity index (χ1) is 9.91. The molecule has 0 amide bonds. The van der Waals surface area contributed by atoms with Gasteiger partial charge in [0.2, 0.25) is 10.0 Å². The molecule has 0 aromatic carbocycles. The van der Waals surface area contributed by atoms with Crippen LogP contribution in [0.3, 0.4) is 0 Å². The molecule has 21 heavy (non-hydrogen) atoms. The van der Waals surface area contributed by atoms with Crippen LogP contribution in [-0.4, -0.2) is 40.9 Å². The van der Waals surface area contributed by atoms with E-state index in [-0.39, 0.29) is 0 Å². The molecule has 0 spiro atoms. The lowest BCUT2D eigenvalue weighted by atomic mass is 10.4. The predicted molar refractivity (Wildman–Crippen MR) is 87.5 cm³/mol. The minimum Gasteiger partial charge on any atom is -0.346 e. The summed E-state index contributed by atoms with van der Waals surface area (Å²) >= 11 is 7.82. The maximum absolute atomic E-state index is 12.9. The molecule has 2 heterocycles. The lowest BCUT2D eigenvalue weighted by Gasteiger charge is -2.33. The van der Waals surface area contributed by atoms with Crippen molar-refractivity contribution < 1.29 is 8.42 Å². The summed E-state index contributed by atoms with van der Waals surface area (Å²) in [5.41, 5.74) is 0.908. The number of nitrogens with zero attached hydrogens (tertiary/aromatic N) is 2. The second kappa shape index (κ2) is 5.80. The van der Waals surface area contributed by atoms with Gasteiger partial charge in [-0.25, -0.2) is 8.42 Å². The first-order valence-corrected chi connectivity index (χ1v) is 10.3. The largest absolute Gasteiger partial charge is 0.346 e. The van der Waals surface area contributed by atoms with Crippen molar-refractivity contribution in [1.82, 2.24) is 8.87 Å². The van der Waals surface area contributed by atoms with Crippen molar-refractivity contribution in [2.45, 2.75) is 54.0 Å². The van der Waals surface area contributed by atoms with Crippen LogP contribution in [0.25, 0.3) is 0 Å². The molecule has 118 valence electrons. The maximum atomic E-state index is 12.9. The van der Waals surface area contributed by atoms with Gasteiger partial charge in [0.1, 0.15) is 4.90 Å². The van der Waals surface area contributed by atoms with E-state index in [1.807, 2.05) is 16.3 Å². The minimum absolute atomic E-state index is 0.335. The molecule has 2 unspecified atom stereocenters. The quantitative estimate of drug-likeness (QED) is 0.785. The molecule has 1 saturated carbocycles. The maximum Gasteiger partial charge on any atom is 0.244 e. The monoisotopic (exact) mass is 348 g/mol. The predicted octanol–water partition coefficient (Wildman–Crippen LogP) is 3.08. The van der Waals surface area contributed by atoms with Gasteiger partial charge in [-0.2, -0.15) is 16.1 Å². The Balaban J connectivity index is 1.90. The number of sulfonamides is 1. The molecule has 7 heteroatoms. The van der Waals surface area contributed by atoms with Crippen LogP contribution in [0.5, 0.6) is 0 Å². The fourth-order valence-corrected chi connectivity index (χ4v) is 6.31. The molecule has 1 aliphatic carbocycles. The van der Waals surface area contributed by atoms with Crippen molar-refractivity contribution in [2.75, 3.05) is 13.1 Å². The van der Waals surface area contributed by atoms with Gasteiger partial charge >= 0.3 is 0 Å². The highest BCUT2D eigenvalue weighted by molar-refractivity contribution is 8.00. The van der Waals surface area contributed by atoms with Crippen LogP contribution in [0.1, 0.15) is 38.4 Å². The molecule has 2 atom stereocenters. The van der Waals surface area contributed by atoms with Crippen LogP contribution in [0.2, 0.25) is 0 Å². The van der Waals surface area contributed by atoms with Crippen LogP contribution < -0.4 is 0 Å². The van der Waals surface area contributed by atoms with Gasteiger partial charge in [-0.15, -0.1) is 11.6 Å². The first-order valence-electron chi connectivity index (χ1n) is 7.34. The Labute approximate surface area is 135 Å². The van der Waals surface area contributed by atoms with Crippen molar-refractivity contribution in [1.29, 1.82) is 0 Å². The van der Waals surface area contributed by atoms with E-state index in [0.29, 0.717) is 40.4 Å². The molecule has 0 bridgehead atoms. The standard InChI is InChI=1S/C14H21ClN2O2S2/c1-10-7-16(8-11(2)20-10)21(18,19)14-5-13(6-15)17(9-14)12-3-4-12/h5,9-12H,3-4,6-8H2,1-2H3. The molecular weight excluding hydrogens is 328 g/mol. The van der Waals surface area contributed by atoms with Gasteiger partial charge in [0.25, 0.3) is 0 Å². The SMILES string of the molecule is CC1CN(S(=O)(=O)c2cc(CCl)n(C3CC3)c2)CC(C)S1. The fourth-order valence-electron chi connectivity index (χ4n) is 2.91. The van der Waals surface area contributed by atoms with Gasteiger partial charge in [0, 0.05) is 41.5 Å².